The van der Waals surface area contributed by atoms with Crippen molar-refractivity contribution in [1.29, 1.82) is 0 Å². The Balaban J connectivity index is 1.57. The fourth-order valence-corrected chi connectivity index (χ4v) is 3.45. The highest BCUT2D eigenvalue weighted by Crippen LogP contribution is 2.21. The lowest BCUT2D eigenvalue weighted by Gasteiger charge is -2.23. The molecule has 1 fully saturated rings. The molecule has 1 saturated heterocycles. The number of H-pyrrole nitrogens is 1. The molecule has 0 spiro atoms. The fraction of sp³-hybridized carbons (Fsp3) is 0.375. The van der Waals surface area contributed by atoms with Crippen LogP contribution >= 0.6 is 11.6 Å². The number of hydrogen-bond acceptors (Lipinski definition) is 5. The fourth-order valence-electron chi connectivity index (χ4n) is 3.28. The van der Waals surface area contributed by atoms with Crippen molar-refractivity contribution in [2.75, 3.05) is 6.54 Å². The average molecular weight is 345 g/mol. The number of hydrogen-bond donors (Lipinski definition) is 1. The van der Waals surface area contributed by atoms with Crippen LogP contribution in [0, 0.1) is 0 Å². The van der Waals surface area contributed by atoms with Gasteiger partial charge in [0.25, 0.3) is 5.56 Å². The van der Waals surface area contributed by atoms with Crippen molar-refractivity contribution < 1.29 is 0 Å². The summed E-state index contributed by atoms with van der Waals surface area (Å²) in [5, 5.41) is 5.23. The number of likely N-dealkylation sites (tertiary alicyclic amines) is 1. The molecule has 0 amide bonds. The molecule has 3 aromatic rings. The maximum absolute atomic E-state index is 12.3. The van der Waals surface area contributed by atoms with Crippen molar-refractivity contribution in [3.8, 4) is 0 Å². The minimum atomic E-state index is -0.149. The summed E-state index contributed by atoms with van der Waals surface area (Å²) in [6.45, 7) is 2.41. The van der Waals surface area contributed by atoms with E-state index in [4.69, 9.17) is 11.6 Å². The quantitative estimate of drug-likeness (QED) is 0.781. The monoisotopic (exact) mass is 344 g/mol. The Labute approximate surface area is 143 Å². The summed E-state index contributed by atoms with van der Waals surface area (Å²) in [5.74, 6) is 0.681. The van der Waals surface area contributed by atoms with Crippen LogP contribution in [-0.4, -0.2) is 42.2 Å². The first-order chi connectivity index (χ1) is 11.7. The normalized spacial score (nSPS) is 18.5. The van der Waals surface area contributed by atoms with E-state index in [2.05, 4.69) is 25.0 Å². The number of nitrogens with zero attached hydrogens (tertiary/aromatic N) is 5. The summed E-state index contributed by atoms with van der Waals surface area (Å²) in [7, 11) is 0. The van der Waals surface area contributed by atoms with E-state index in [0.717, 1.165) is 25.9 Å². The molecular weight excluding hydrogens is 328 g/mol. The Morgan fingerprint density at radius 2 is 2.29 bits per heavy atom. The molecule has 7 nitrogen and oxygen atoms in total. The maximum Gasteiger partial charge on any atom is 0.258 e. The van der Waals surface area contributed by atoms with Gasteiger partial charge >= 0.3 is 0 Å². The van der Waals surface area contributed by atoms with Gasteiger partial charge in [0.05, 0.1) is 24.0 Å². The van der Waals surface area contributed by atoms with Crippen molar-refractivity contribution in [2.45, 2.75) is 32.0 Å². The predicted molar refractivity (Wildman–Crippen MR) is 90.8 cm³/mol. The minimum Gasteiger partial charge on any atom is -0.309 e. The zero-order valence-corrected chi connectivity index (χ0v) is 13.8. The summed E-state index contributed by atoms with van der Waals surface area (Å²) >= 11 is 5.95. The Morgan fingerprint density at radius 1 is 1.38 bits per heavy atom. The van der Waals surface area contributed by atoms with Crippen molar-refractivity contribution in [1.82, 2.24) is 29.6 Å². The van der Waals surface area contributed by atoms with Gasteiger partial charge in [-0.2, -0.15) is 5.10 Å². The number of aromatic amines is 1. The van der Waals surface area contributed by atoms with E-state index in [-0.39, 0.29) is 5.56 Å². The zero-order chi connectivity index (χ0) is 16.5. The van der Waals surface area contributed by atoms with Crippen LogP contribution in [0.1, 0.15) is 18.7 Å². The van der Waals surface area contributed by atoms with Crippen LogP contribution in [0.3, 0.4) is 0 Å². The number of halogens is 1. The Bertz CT molecular complexity index is 907. The van der Waals surface area contributed by atoms with Crippen LogP contribution < -0.4 is 5.56 Å². The predicted octanol–water partition coefficient (Wildman–Crippen LogP) is 1.83. The summed E-state index contributed by atoms with van der Waals surface area (Å²) < 4.78 is 1.85. The molecule has 2 aromatic heterocycles. The van der Waals surface area contributed by atoms with Gasteiger partial charge in [0.1, 0.15) is 18.5 Å². The van der Waals surface area contributed by atoms with Gasteiger partial charge in [-0.1, -0.05) is 11.6 Å². The molecule has 124 valence electrons. The standard InChI is InChI=1S/C16H17ClN6O/c17-11-3-4-14-13(6-11)16(24)21-15(20-14)8-22-5-1-2-12(22)7-23-10-18-9-19-23/h3-4,6,9-10,12H,1-2,5,7-8H2,(H,20,21,24)/t12-/m0/s1. The molecule has 0 bridgehead atoms. The smallest absolute Gasteiger partial charge is 0.258 e. The molecule has 0 saturated carbocycles. The molecule has 24 heavy (non-hydrogen) atoms. The maximum atomic E-state index is 12.3. The SMILES string of the molecule is O=c1[nH]c(CN2CCC[C@H]2Cn2cncn2)nc2ccc(Cl)cc12. The van der Waals surface area contributed by atoms with Gasteiger partial charge in [0.15, 0.2) is 0 Å². The molecule has 3 heterocycles. The first-order valence-electron chi connectivity index (χ1n) is 7.94. The minimum absolute atomic E-state index is 0.149. The van der Waals surface area contributed by atoms with Crippen molar-refractivity contribution in [2.24, 2.45) is 0 Å². The van der Waals surface area contributed by atoms with Crippen molar-refractivity contribution in [3.05, 3.63) is 52.1 Å². The molecule has 1 aliphatic heterocycles. The lowest BCUT2D eigenvalue weighted by molar-refractivity contribution is 0.214. The van der Waals surface area contributed by atoms with Gasteiger partial charge in [0.2, 0.25) is 0 Å². The molecule has 4 rings (SSSR count). The molecule has 0 aliphatic carbocycles. The van der Waals surface area contributed by atoms with Gasteiger partial charge in [-0.15, -0.1) is 0 Å². The lowest BCUT2D eigenvalue weighted by Crippen LogP contribution is -2.33. The number of aromatic nitrogens is 5. The van der Waals surface area contributed by atoms with Gasteiger partial charge in [-0.05, 0) is 37.6 Å². The Kier molecular flexibility index (Phi) is 4.03. The van der Waals surface area contributed by atoms with Crippen LogP contribution in [0.5, 0.6) is 0 Å². The molecule has 0 unspecified atom stereocenters. The van der Waals surface area contributed by atoms with E-state index >= 15 is 0 Å². The topological polar surface area (TPSA) is 79.7 Å². The summed E-state index contributed by atoms with van der Waals surface area (Å²) in [6.07, 6.45) is 5.52. The number of nitrogens with one attached hydrogen (secondary N) is 1. The first kappa shape index (κ1) is 15.3. The van der Waals surface area contributed by atoms with Gasteiger partial charge in [-0.3, -0.25) is 14.4 Å². The highest BCUT2D eigenvalue weighted by atomic mass is 35.5. The summed E-state index contributed by atoms with van der Waals surface area (Å²) in [5.41, 5.74) is 0.523. The molecule has 0 radical (unpaired) electrons. The zero-order valence-electron chi connectivity index (χ0n) is 13.0. The molecule has 1 aliphatic rings. The Morgan fingerprint density at radius 3 is 3.12 bits per heavy atom. The molecule has 1 N–H and O–H groups in total. The number of fused-ring (bicyclic) bond motifs is 1. The van der Waals surface area contributed by atoms with E-state index in [1.165, 1.54) is 0 Å². The summed E-state index contributed by atoms with van der Waals surface area (Å²) in [6, 6.07) is 5.56. The van der Waals surface area contributed by atoms with E-state index in [1.54, 1.807) is 30.9 Å². The second-order valence-corrected chi connectivity index (χ2v) is 6.49. The van der Waals surface area contributed by atoms with Crippen LogP contribution in [0.4, 0.5) is 0 Å². The largest absolute Gasteiger partial charge is 0.309 e. The molecule has 8 heteroatoms. The highest BCUT2D eigenvalue weighted by molar-refractivity contribution is 6.31. The second kappa shape index (κ2) is 6.33. The van der Waals surface area contributed by atoms with Gasteiger partial charge in [-0.25, -0.2) is 9.97 Å². The van der Waals surface area contributed by atoms with Crippen LogP contribution in [0.25, 0.3) is 10.9 Å². The highest BCUT2D eigenvalue weighted by Gasteiger charge is 2.25. The van der Waals surface area contributed by atoms with Crippen LogP contribution in [0.2, 0.25) is 5.02 Å². The Hall–Kier alpha value is -2.25. The van der Waals surface area contributed by atoms with E-state index in [9.17, 15) is 4.79 Å². The lowest BCUT2D eigenvalue weighted by atomic mass is 10.2. The van der Waals surface area contributed by atoms with Crippen LogP contribution in [0.15, 0.2) is 35.6 Å². The number of rotatable bonds is 4. The number of benzene rings is 1. The van der Waals surface area contributed by atoms with E-state index < -0.39 is 0 Å². The van der Waals surface area contributed by atoms with Crippen molar-refractivity contribution in [3.63, 3.8) is 0 Å². The molecule has 1 atom stereocenters. The van der Waals surface area contributed by atoms with Crippen molar-refractivity contribution >= 4 is 22.5 Å². The first-order valence-corrected chi connectivity index (χ1v) is 8.32. The third-order valence-electron chi connectivity index (χ3n) is 4.43. The van der Waals surface area contributed by atoms with E-state index in [1.807, 2.05) is 4.68 Å². The molecule has 1 aromatic carbocycles. The van der Waals surface area contributed by atoms with E-state index in [0.29, 0.717) is 34.3 Å². The third-order valence-corrected chi connectivity index (χ3v) is 4.67. The van der Waals surface area contributed by atoms with Gasteiger partial charge in [0, 0.05) is 11.1 Å². The van der Waals surface area contributed by atoms with Crippen LogP contribution in [-0.2, 0) is 13.1 Å². The third kappa shape index (κ3) is 3.05. The van der Waals surface area contributed by atoms with Gasteiger partial charge < -0.3 is 4.98 Å². The average Bonchev–Trinajstić information content (AvgIpc) is 3.21. The molecular formula is C16H17ClN6O. The second-order valence-electron chi connectivity index (χ2n) is 6.06. The summed E-state index contributed by atoms with van der Waals surface area (Å²) in [4.78, 5) is 26.1.